The fraction of sp³-hybridized carbons (Fsp3) is 0.143. The van der Waals surface area contributed by atoms with Crippen LogP contribution in [0.15, 0.2) is 96.6 Å². The molecule has 3 nitrogen and oxygen atoms in total. The summed E-state index contributed by atoms with van der Waals surface area (Å²) in [6, 6.07) is 25.2. The first-order valence-electron chi connectivity index (χ1n) is 10.2. The molecule has 3 rings (SSSR count). The monoisotopic (exact) mass is 412 g/mol. The van der Waals surface area contributed by atoms with Crippen LogP contribution in [-0.2, 0) is 4.74 Å². The smallest absolute Gasteiger partial charge is 0.204 e. The molecule has 31 heavy (non-hydrogen) atoms. The van der Waals surface area contributed by atoms with Gasteiger partial charge in [-0.15, -0.1) is 0 Å². The SMILES string of the molecule is COC(C)(C)Oc1ccc(C=CC(C=Cc2ccccc2)=Cc2ccc(O)cc2)cc1. The fourth-order valence-electron chi connectivity index (χ4n) is 2.84. The van der Waals surface area contributed by atoms with Gasteiger partial charge in [0.2, 0.25) is 5.79 Å². The molecular formula is C28H28O3. The molecule has 3 aromatic carbocycles. The maximum atomic E-state index is 9.54. The lowest BCUT2D eigenvalue weighted by Crippen LogP contribution is -2.30. The van der Waals surface area contributed by atoms with Gasteiger partial charge in [-0.3, -0.25) is 0 Å². The number of methoxy groups -OCH3 is 1. The number of aromatic hydroxyl groups is 1. The molecule has 0 bridgehead atoms. The van der Waals surface area contributed by atoms with E-state index in [4.69, 9.17) is 9.47 Å². The molecule has 0 aliphatic rings. The summed E-state index contributed by atoms with van der Waals surface area (Å²) < 4.78 is 11.1. The summed E-state index contributed by atoms with van der Waals surface area (Å²) in [6.45, 7) is 3.75. The van der Waals surface area contributed by atoms with Crippen LogP contribution < -0.4 is 4.74 Å². The highest BCUT2D eigenvalue weighted by atomic mass is 16.7. The first kappa shape index (κ1) is 22.1. The molecule has 0 atom stereocenters. The lowest BCUT2D eigenvalue weighted by atomic mass is 10.1. The van der Waals surface area contributed by atoms with Gasteiger partial charge < -0.3 is 14.6 Å². The van der Waals surface area contributed by atoms with E-state index in [0.717, 1.165) is 28.0 Å². The molecule has 158 valence electrons. The van der Waals surface area contributed by atoms with Crippen LogP contribution in [0.3, 0.4) is 0 Å². The molecule has 0 radical (unpaired) electrons. The third-order valence-electron chi connectivity index (χ3n) is 4.70. The first-order valence-corrected chi connectivity index (χ1v) is 10.2. The van der Waals surface area contributed by atoms with Gasteiger partial charge in [-0.05, 0) is 52.6 Å². The Labute approximate surface area is 184 Å². The average molecular weight is 413 g/mol. The standard InChI is InChI=1S/C28H28O3/c1-28(2,30-3)31-27-19-15-23(16-20-27)10-12-24(11-9-22-7-5-4-6-8-22)21-25-13-17-26(29)18-14-25/h4-21,29H,1-3H3. The summed E-state index contributed by atoms with van der Waals surface area (Å²) in [4.78, 5) is 0. The second-order valence-electron chi connectivity index (χ2n) is 7.59. The van der Waals surface area contributed by atoms with Gasteiger partial charge in [0.15, 0.2) is 0 Å². The second-order valence-corrected chi connectivity index (χ2v) is 7.59. The van der Waals surface area contributed by atoms with E-state index in [1.165, 1.54) is 0 Å². The van der Waals surface area contributed by atoms with E-state index in [1.807, 2.05) is 68.4 Å². The van der Waals surface area contributed by atoms with Crippen molar-refractivity contribution >= 4 is 18.2 Å². The highest BCUT2D eigenvalue weighted by Gasteiger charge is 2.17. The Hall–Kier alpha value is -3.56. The van der Waals surface area contributed by atoms with E-state index in [0.29, 0.717) is 0 Å². The number of hydrogen-bond donors (Lipinski definition) is 1. The van der Waals surface area contributed by atoms with Gasteiger partial charge in [0.25, 0.3) is 0 Å². The summed E-state index contributed by atoms with van der Waals surface area (Å²) in [5.74, 6) is 0.348. The van der Waals surface area contributed by atoms with E-state index < -0.39 is 5.79 Å². The van der Waals surface area contributed by atoms with Crippen LogP contribution in [0.2, 0.25) is 0 Å². The normalized spacial score (nSPS) is 12.5. The van der Waals surface area contributed by atoms with E-state index in [2.05, 4.69) is 42.5 Å². The quantitative estimate of drug-likeness (QED) is 0.321. The van der Waals surface area contributed by atoms with E-state index in [9.17, 15) is 5.11 Å². The number of ether oxygens (including phenoxy) is 2. The number of allylic oxidation sites excluding steroid dienone is 3. The van der Waals surface area contributed by atoms with Crippen LogP contribution in [0.5, 0.6) is 11.5 Å². The molecule has 3 aromatic rings. The van der Waals surface area contributed by atoms with Crippen LogP contribution >= 0.6 is 0 Å². The van der Waals surface area contributed by atoms with E-state index in [1.54, 1.807) is 19.2 Å². The highest BCUT2D eigenvalue weighted by Crippen LogP contribution is 2.21. The van der Waals surface area contributed by atoms with Gasteiger partial charge in [-0.1, -0.05) is 78.9 Å². The van der Waals surface area contributed by atoms with Crippen molar-refractivity contribution < 1.29 is 14.6 Å². The maximum absolute atomic E-state index is 9.54. The zero-order valence-corrected chi connectivity index (χ0v) is 18.2. The van der Waals surface area contributed by atoms with Gasteiger partial charge in [0.1, 0.15) is 11.5 Å². The zero-order chi connectivity index (χ0) is 22.1. The third kappa shape index (κ3) is 7.32. The highest BCUT2D eigenvalue weighted by molar-refractivity contribution is 5.68. The maximum Gasteiger partial charge on any atom is 0.204 e. The van der Waals surface area contributed by atoms with Crippen LogP contribution in [0, 0.1) is 0 Å². The largest absolute Gasteiger partial charge is 0.508 e. The van der Waals surface area contributed by atoms with Crippen molar-refractivity contribution in [3.63, 3.8) is 0 Å². The fourth-order valence-corrected chi connectivity index (χ4v) is 2.84. The van der Waals surface area contributed by atoms with Crippen molar-refractivity contribution in [1.29, 1.82) is 0 Å². The number of hydrogen-bond acceptors (Lipinski definition) is 3. The van der Waals surface area contributed by atoms with E-state index in [-0.39, 0.29) is 5.75 Å². The molecule has 0 aliphatic carbocycles. The molecule has 0 aliphatic heterocycles. The van der Waals surface area contributed by atoms with Crippen molar-refractivity contribution in [2.24, 2.45) is 0 Å². The third-order valence-corrected chi connectivity index (χ3v) is 4.70. The van der Waals surface area contributed by atoms with Gasteiger partial charge in [0, 0.05) is 21.0 Å². The van der Waals surface area contributed by atoms with Crippen LogP contribution in [0.25, 0.3) is 18.2 Å². The van der Waals surface area contributed by atoms with Crippen LogP contribution in [-0.4, -0.2) is 18.0 Å². The predicted octanol–water partition coefficient (Wildman–Crippen LogP) is 6.96. The van der Waals surface area contributed by atoms with Crippen LogP contribution in [0.1, 0.15) is 30.5 Å². The van der Waals surface area contributed by atoms with Crippen LogP contribution in [0.4, 0.5) is 0 Å². The van der Waals surface area contributed by atoms with Gasteiger partial charge in [0.05, 0.1) is 0 Å². The molecule has 0 aromatic heterocycles. The molecule has 0 heterocycles. The Morgan fingerprint density at radius 3 is 1.87 bits per heavy atom. The lowest BCUT2D eigenvalue weighted by molar-refractivity contribution is -0.134. The Morgan fingerprint density at radius 2 is 1.29 bits per heavy atom. The van der Waals surface area contributed by atoms with Crippen molar-refractivity contribution in [1.82, 2.24) is 0 Å². The summed E-state index contributed by atoms with van der Waals surface area (Å²) in [5, 5.41) is 9.54. The molecule has 1 N–H and O–H groups in total. The Morgan fingerprint density at radius 1 is 0.742 bits per heavy atom. The molecule has 0 unspecified atom stereocenters. The summed E-state index contributed by atoms with van der Waals surface area (Å²) in [7, 11) is 1.63. The van der Waals surface area contributed by atoms with Gasteiger partial charge in [-0.2, -0.15) is 0 Å². The van der Waals surface area contributed by atoms with Crippen molar-refractivity contribution in [2.45, 2.75) is 19.6 Å². The lowest BCUT2D eigenvalue weighted by Gasteiger charge is -2.24. The van der Waals surface area contributed by atoms with E-state index >= 15 is 0 Å². The topological polar surface area (TPSA) is 38.7 Å². The predicted molar refractivity (Wildman–Crippen MR) is 129 cm³/mol. The molecule has 0 fully saturated rings. The average Bonchev–Trinajstić information content (AvgIpc) is 2.78. The van der Waals surface area contributed by atoms with Crippen molar-refractivity contribution in [3.05, 3.63) is 113 Å². The second kappa shape index (κ2) is 10.5. The van der Waals surface area contributed by atoms with Crippen molar-refractivity contribution in [2.75, 3.05) is 7.11 Å². The minimum Gasteiger partial charge on any atom is -0.508 e. The Bertz CT molecular complexity index is 1040. The first-order chi connectivity index (χ1) is 14.9. The van der Waals surface area contributed by atoms with Gasteiger partial charge in [-0.25, -0.2) is 0 Å². The molecule has 3 heteroatoms. The molecule has 0 saturated carbocycles. The Balaban J connectivity index is 1.81. The zero-order valence-electron chi connectivity index (χ0n) is 18.2. The number of phenols is 1. The number of phenolic OH excluding ortho intramolecular Hbond substituents is 1. The molecule has 0 saturated heterocycles. The molecule has 0 spiro atoms. The molecular weight excluding hydrogens is 384 g/mol. The summed E-state index contributed by atoms with van der Waals surface area (Å²) in [6.07, 6.45) is 10.4. The van der Waals surface area contributed by atoms with Gasteiger partial charge >= 0.3 is 0 Å². The Kier molecular flexibility index (Phi) is 7.47. The minimum absolute atomic E-state index is 0.257. The summed E-state index contributed by atoms with van der Waals surface area (Å²) in [5.41, 5.74) is 4.25. The summed E-state index contributed by atoms with van der Waals surface area (Å²) >= 11 is 0. The van der Waals surface area contributed by atoms with Crippen molar-refractivity contribution in [3.8, 4) is 11.5 Å². The number of rotatable bonds is 8. The number of benzene rings is 3. The minimum atomic E-state index is -0.667. The molecule has 0 amide bonds.